The Morgan fingerprint density at radius 2 is 2.25 bits per heavy atom. The van der Waals surface area contributed by atoms with Crippen molar-refractivity contribution in [1.29, 1.82) is 0 Å². The summed E-state index contributed by atoms with van der Waals surface area (Å²) >= 11 is 3.35. The van der Waals surface area contributed by atoms with Crippen molar-refractivity contribution in [2.45, 2.75) is 26.2 Å². The molecule has 4 nitrogen and oxygen atoms in total. The van der Waals surface area contributed by atoms with Crippen LogP contribution >= 0.6 is 15.9 Å². The van der Waals surface area contributed by atoms with Crippen molar-refractivity contribution in [2.75, 3.05) is 18.4 Å². The molecule has 1 aromatic rings. The Labute approximate surface area is 127 Å². The lowest BCUT2D eigenvalue weighted by Gasteiger charge is -2.30. The van der Waals surface area contributed by atoms with Gasteiger partial charge in [-0.2, -0.15) is 0 Å². The Bertz CT molecular complexity index is 504. The van der Waals surface area contributed by atoms with Gasteiger partial charge in [-0.1, -0.05) is 28.9 Å². The summed E-state index contributed by atoms with van der Waals surface area (Å²) in [7, 11) is 0. The average molecular weight is 339 g/mol. The van der Waals surface area contributed by atoms with E-state index in [2.05, 4.69) is 28.2 Å². The van der Waals surface area contributed by atoms with E-state index >= 15 is 0 Å². The first kappa shape index (κ1) is 15.0. The van der Waals surface area contributed by atoms with Crippen LogP contribution in [0.2, 0.25) is 0 Å². The first-order valence-electron chi connectivity index (χ1n) is 6.88. The number of amides is 2. The fourth-order valence-electron chi connectivity index (χ4n) is 2.44. The third kappa shape index (κ3) is 4.34. The maximum absolute atomic E-state index is 12.1. The molecule has 1 atom stereocenters. The number of carbonyl (C=O) groups is 2. The third-order valence-electron chi connectivity index (χ3n) is 3.43. The standard InChI is InChI=1S/C15H19BrN2O2/c1-11-4-3-7-18(10-11)15(20)9-14(19)17-13-6-2-5-12(16)8-13/h2,5-6,8,11H,3-4,7,9-10H2,1H3,(H,17,19). The van der Waals surface area contributed by atoms with Crippen molar-refractivity contribution >= 4 is 33.4 Å². The van der Waals surface area contributed by atoms with Crippen LogP contribution < -0.4 is 5.32 Å². The second-order valence-corrected chi connectivity index (χ2v) is 6.24. The zero-order valence-electron chi connectivity index (χ0n) is 11.6. The second-order valence-electron chi connectivity index (χ2n) is 5.32. The van der Waals surface area contributed by atoms with Crippen molar-refractivity contribution in [2.24, 2.45) is 5.92 Å². The van der Waals surface area contributed by atoms with Gasteiger partial charge in [0.15, 0.2) is 0 Å². The highest BCUT2D eigenvalue weighted by molar-refractivity contribution is 9.10. The molecule has 0 aliphatic carbocycles. The fourth-order valence-corrected chi connectivity index (χ4v) is 2.84. The number of rotatable bonds is 3. The molecular weight excluding hydrogens is 320 g/mol. The van der Waals surface area contributed by atoms with Crippen LogP contribution in [0.3, 0.4) is 0 Å². The van der Waals surface area contributed by atoms with Gasteiger partial charge < -0.3 is 10.2 Å². The van der Waals surface area contributed by atoms with Gasteiger partial charge in [0.05, 0.1) is 0 Å². The zero-order chi connectivity index (χ0) is 14.5. The van der Waals surface area contributed by atoms with Crippen molar-refractivity contribution in [1.82, 2.24) is 4.90 Å². The van der Waals surface area contributed by atoms with Crippen LogP contribution in [0.25, 0.3) is 0 Å². The van der Waals surface area contributed by atoms with Crippen LogP contribution in [-0.2, 0) is 9.59 Å². The summed E-state index contributed by atoms with van der Waals surface area (Å²) in [5, 5.41) is 2.75. The Morgan fingerprint density at radius 1 is 1.45 bits per heavy atom. The largest absolute Gasteiger partial charge is 0.342 e. The van der Waals surface area contributed by atoms with Crippen molar-refractivity contribution in [3.8, 4) is 0 Å². The second kappa shape index (κ2) is 6.88. The number of likely N-dealkylation sites (tertiary alicyclic amines) is 1. The highest BCUT2D eigenvalue weighted by Gasteiger charge is 2.22. The SMILES string of the molecule is CC1CCCN(C(=O)CC(=O)Nc2cccc(Br)c2)C1. The number of hydrogen-bond acceptors (Lipinski definition) is 2. The van der Waals surface area contributed by atoms with Gasteiger partial charge in [0.1, 0.15) is 6.42 Å². The summed E-state index contributed by atoms with van der Waals surface area (Å²) in [5.41, 5.74) is 0.698. The summed E-state index contributed by atoms with van der Waals surface area (Å²) in [5.74, 6) is 0.191. The van der Waals surface area contributed by atoms with Crippen LogP contribution in [-0.4, -0.2) is 29.8 Å². The van der Waals surface area contributed by atoms with Gasteiger partial charge in [-0.25, -0.2) is 0 Å². The number of halogens is 1. The first-order valence-corrected chi connectivity index (χ1v) is 7.67. The lowest BCUT2D eigenvalue weighted by molar-refractivity contribution is -0.136. The summed E-state index contributed by atoms with van der Waals surface area (Å²) in [6.07, 6.45) is 2.10. The topological polar surface area (TPSA) is 49.4 Å². The molecule has 1 fully saturated rings. The summed E-state index contributed by atoms with van der Waals surface area (Å²) in [6, 6.07) is 7.34. The van der Waals surface area contributed by atoms with Crippen molar-refractivity contribution < 1.29 is 9.59 Å². The van der Waals surface area contributed by atoms with Gasteiger partial charge >= 0.3 is 0 Å². The molecule has 1 N–H and O–H groups in total. The third-order valence-corrected chi connectivity index (χ3v) is 3.92. The summed E-state index contributed by atoms with van der Waals surface area (Å²) in [4.78, 5) is 25.8. The molecule has 2 rings (SSSR count). The fraction of sp³-hybridized carbons (Fsp3) is 0.467. The van der Waals surface area contributed by atoms with Crippen molar-refractivity contribution in [3.05, 3.63) is 28.7 Å². The summed E-state index contributed by atoms with van der Waals surface area (Å²) < 4.78 is 0.895. The molecule has 2 amide bonds. The van der Waals surface area contributed by atoms with Crippen LogP contribution in [0.4, 0.5) is 5.69 Å². The average Bonchev–Trinajstić information content (AvgIpc) is 2.38. The molecular formula is C15H19BrN2O2. The molecule has 0 aromatic heterocycles. The molecule has 0 radical (unpaired) electrons. The molecule has 0 saturated carbocycles. The normalized spacial score (nSPS) is 18.7. The monoisotopic (exact) mass is 338 g/mol. The van der Waals surface area contributed by atoms with E-state index in [0.717, 1.165) is 30.4 Å². The first-order chi connectivity index (χ1) is 9.54. The molecule has 1 saturated heterocycles. The molecule has 20 heavy (non-hydrogen) atoms. The van der Waals surface area contributed by atoms with Gasteiger partial charge in [-0.3, -0.25) is 9.59 Å². The van der Waals surface area contributed by atoms with E-state index in [-0.39, 0.29) is 18.2 Å². The van der Waals surface area contributed by atoms with Gasteiger partial charge in [0.2, 0.25) is 11.8 Å². The Hall–Kier alpha value is -1.36. The van der Waals surface area contributed by atoms with Crippen molar-refractivity contribution in [3.63, 3.8) is 0 Å². The van der Waals surface area contributed by atoms with E-state index < -0.39 is 0 Å². The van der Waals surface area contributed by atoms with Crippen LogP contribution in [0, 0.1) is 5.92 Å². The number of anilines is 1. The minimum absolute atomic E-state index is 0.0796. The molecule has 0 spiro atoms. The number of nitrogens with one attached hydrogen (secondary N) is 1. The number of piperidine rings is 1. The highest BCUT2D eigenvalue weighted by atomic mass is 79.9. The van der Waals surface area contributed by atoms with Gasteiger partial charge in [0.25, 0.3) is 0 Å². The highest BCUT2D eigenvalue weighted by Crippen LogP contribution is 2.18. The smallest absolute Gasteiger partial charge is 0.233 e. The number of hydrogen-bond donors (Lipinski definition) is 1. The number of benzene rings is 1. The maximum Gasteiger partial charge on any atom is 0.233 e. The molecule has 1 aliphatic rings. The minimum atomic E-state index is -0.258. The van der Waals surface area contributed by atoms with E-state index in [1.54, 1.807) is 11.0 Å². The van der Waals surface area contributed by atoms with Crippen LogP contribution in [0.15, 0.2) is 28.7 Å². The van der Waals surface area contributed by atoms with E-state index in [9.17, 15) is 9.59 Å². The minimum Gasteiger partial charge on any atom is -0.342 e. The number of carbonyl (C=O) groups excluding carboxylic acids is 2. The lowest BCUT2D eigenvalue weighted by Crippen LogP contribution is -2.40. The zero-order valence-corrected chi connectivity index (χ0v) is 13.1. The van der Waals surface area contributed by atoms with Gasteiger partial charge in [-0.05, 0) is 37.0 Å². The van der Waals surface area contributed by atoms with E-state index in [1.807, 2.05) is 18.2 Å². The maximum atomic E-state index is 12.1. The Morgan fingerprint density at radius 3 is 2.95 bits per heavy atom. The van der Waals surface area contributed by atoms with E-state index in [1.165, 1.54) is 0 Å². The van der Waals surface area contributed by atoms with Crippen LogP contribution in [0.5, 0.6) is 0 Å². The molecule has 1 heterocycles. The molecule has 108 valence electrons. The predicted octanol–water partition coefficient (Wildman–Crippen LogP) is 3.04. The lowest BCUT2D eigenvalue weighted by atomic mass is 10.00. The molecule has 1 aromatic carbocycles. The van der Waals surface area contributed by atoms with Gasteiger partial charge in [0, 0.05) is 23.2 Å². The van der Waals surface area contributed by atoms with Gasteiger partial charge in [-0.15, -0.1) is 0 Å². The van der Waals surface area contributed by atoms with Crippen LogP contribution in [0.1, 0.15) is 26.2 Å². The molecule has 0 bridgehead atoms. The quantitative estimate of drug-likeness (QED) is 0.861. The molecule has 1 unspecified atom stereocenters. The Kier molecular flexibility index (Phi) is 5.17. The Balaban J connectivity index is 1.86. The van der Waals surface area contributed by atoms with E-state index in [0.29, 0.717) is 11.6 Å². The molecule has 5 heteroatoms. The van der Waals surface area contributed by atoms with E-state index in [4.69, 9.17) is 0 Å². The summed E-state index contributed by atoms with van der Waals surface area (Å²) in [6.45, 7) is 3.68. The number of nitrogens with zero attached hydrogens (tertiary/aromatic N) is 1. The predicted molar refractivity (Wildman–Crippen MR) is 82.4 cm³/mol. The molecule has 1 aliphatic heterocycles.